The van der Waals surface area contributed by atoms with Gasteiger partial charge in [-0.25, -0.2) is 9.97 Å². The van der Waals surface area contributed by atoms with E-state index in [9.17, 15) is 18.7 Å². The molecule has 10 heteroatoms. The van der Waals surface area contributed by atoms with Gasteiger partial charge in [0.05, 0.1) is 24.4 Å². The van der Waals surface area contributed by atoms with Gasteiger partial charge in [-0.2, -0.15) is 8.78 Å². The van der Waals surface area contributed by atoms with Crippen LogP contribution >= 0.6 is 0 Å². The minimum atomic E-state index is -3.02. The van der Waals surface area contributed by atoms with E-state index in [0.717, 1.165) is 5.56 Å². The Hall–Kier alpha value is -2.85. The number of hydrogen-bond donors (Lipinski definition) is 2. The first-order valence-corrected chi connectivity index (χ1v) is 11.1. The Balaban J connectivity index is 1.42. The fraction of sp³-hybridized carbons (Fsp3) is 0.522. The van der Waals surface area contributed by atoms with Crippen molar-refractivity contribution < 1.29 is 28.2 Å². The Labute approximate surface area is 188 Å². The van der Waals surface area contributed by atoms with Crippen LogP contribution in [0.25, 0.3) is 11.3 Å². The lowest BCUT2D eigenvalue weighted by Crippen LogP contribution is -2.59. The predicted molar refractivity (Wildman–Crippen MR) is 113 cm³/mol. The Bertz CT molecular complexity index is 1180. The molecule has 8 nitrogen and oxygen atoms in total. The lowest BCUT2D eigenvalue weighted by molar-refractivity contribution is -0.145. The lowest BCUT2D eigenvalue weighted by Gasteiger charge is -2.43. The summed E-state index contributed by atoms with van der Waals surface area (Å²) in [5.74, 6) is -2.46. The first kappa shape index (κ1) is 20.7. The molecule has 4 atom stereocenters. The zero-order chi connectivity index (χ0) is 23.1. The van der Waals surface area contributed by atoms with Gasteiger partial charge in [0.15, 0.2) is 0 Å². The number of carbonyl (C=O) groups is 1. The van der Waals surface area contributed by atoms with Gasteiger partial charge in [0.25, 0.3) is 5.92 Å². The van der Waals surface area contributed by atoms with Gasteiger partial charge < -0.3 is 24.8 Å². The highest BCUT2D eigenvalue weighted by Gasteiger charge is 2.48. The van der Waals surface area contributed by atoms with Crippen molar-refractivity contribution in [3.8, 4) is 17.0 Å². The van der Waals surface area contributed by atoms with Gasteiger partial charge in [-0.1, -0.05) is 12.1 Å². The van der Waals surface area contributed by atoms with Gasteiger partial charge in [-0.3, -0.25) is 4.79 Å². The van der Waals surface area contributed by atoms with Crippen LogP contribution in [-0.2, 0) is 27.4 Å². The lowest BCUT2D eigenvalue weighted by atomic mass is 9.90. The number of aliphatic hydroxyl groups is 1. The number of morpholine rings is 1. The number of aliphatic hydroxyl groups excluding tert-OH is 1. The quantitative estimate of drug-likeness (QED) is 0.709. The van der Waals surface area contributed by atoms with Crippen LogP contribution in [0.1, 0.15) is 37.1 Å². The molecule has 4 aliphatic rings. The molecule has 0 saturated carbocycles. The van der Waals surface area contributed by atoms with Crippen molar-refractivity contribution in [2.45, 2.75) is 56.4 Å². The molecule has 2 unspecified atom stereocenters. The van der Waals surface area contributed by atoms with Gasteiger partial charge in [-0.15, -0.1) is 0 Å². The van der Waals surface area contributed by atoms with E-state index in [1.165, 1.54) is 0 Å². The van der Waals surface area contributed by atoms with E-state index in [1.807, 2.05) is 19.1 Å². The minimum Gasteiger partial charge on any atom is -0.490 e. The van der Waals surface area contributed by atoms with Crippen LogP contribution < -0.4 is 15.0 Å². The second-order valence-electron chi connectivity index (χ2n) is 9.39. The molecule has 1 amide bonds. The summed E-state index contributed by atoms with van der Waals surface area (Å²) in [5.41, 5.74) is 1.33. The van der Waals surface area contributed by atoms with Gasteiger partial charge in [-0.05, 0) is 26.3 Å². The third kappa shape index (κ3) is 2.96. The van der Waals surface area contributed by atoms with Crippen molar-refractivity contribution in [2.24, 2.45) is 0 Å². The molecule has 174 valence electrons. The summed E-state index contributed by atoms with van der Waals surface area (Å²) in [6.07, 6.45) is -1.19. The monoisotopic (exact) mass is 458 g/mol. The molecular formula is C23H24F2N4O4. The minimum absolute atomic E-state index is 0.180. The number of alkyl halides is 2. The molecule has 1 aromatic carbocycles. The van der Waals surface area contributed by atoms with Gasteiger partial charge in [0.2, 0.25) is 11.9 Å². The molecular weight excluding hydrogens is 434 g/mol. The summed E-state index contributed by atoms with van der Waals surface area (Å²) in [6, 6.07) is 5.20. The summed E-state index contributed by atoms with van der Waals surface area (Å²) in [7, 11) is 0. The number of benzene rings is 1. The number of nitrogens with zero attached hydrogens (tertiary/aromatic N) is 3. The number of halogens is 2. The topological polar surface area (TPSA) is 96.8 Å². The standard InChI is InChI=1S/C23H24F2N4O4/c1-11-16(30)8-29(11)21-26-18(14-5-6-23(24,25)19(14)27-21)13-3-4-15-17(7-13)33-10-22(15)9-32-12(2)20(31)28-22/h3-4,7,11-12,16,30H,5-6,8-10H2,1-2H3,(H,28,31)/t11-,12?,16+,22?/m0/s1. The molecule has 1 spiro atoms. The average molecular weight is 458 g/mol. The predicted octanol–water partition coefficient (Wildman–Crippen LogP) is 1.87. The number of amides is 1. The maximum Gasteiger partial charge on any atom is 0.290 e. The molecule has 2 N–H and O–H groups in total. The maximum absolute atomic E-state index is 14.7. The van der Waals surface area contributed by atoms with Gasteiger partial charge >= 0.3 is 0 Å². The third-order valence-corrected chi connectivity index (χ3v) is 7.28. The van der Waals surface area contributed by atoms with Crippen LogP contribution in [0, 0.1) is 0 Å². The van der Waals surface area contributed by atoms with Crippen molar-refractivity contribution >= 4 is 11.9 Å². The summed E-state index contributed by atoms with van der Waals surface area (Å²) in [4.78, 5) is 22.8. The largest absolute Gasteiger partial charge is 0.490 e. The maximum atomic E-state index is 14.7. The first-order valence-electron chi connectivity index (χ1n) is 11.1. The van der Waals surface area contributed by atoms with Crippen molar-refractivity contribution in [3.63, 3.8) is 0 Å². The van der Waals surface area contributed by atoms with E-state index < -0.39 is 23.7 Å². The van der Waals surface area contributed by atoms with Crippen molar-refractivity contribution in [3.05, 3.63) is 35.0 Å². The molecule has 0 radical (unpaired) electrons. The second-order valence-corrected chi connectivity index (χ2v) is 9.39. The van der Waals surface area contributed by atoms with E-state index in [-0.39, 0.29) is 43.0 Å². The van der Waals surface area contributed by atoms with Crippen molar-refractivity contribution in [1.29, 1.82) is 0 Å². The Morgan fingerprint density at radius 3 is 2.79 bits per heavy atom. The van der Waals surface area contributed by atoms with Crippen molar-refractivity contribution in [1.82, 2.24) is 15.3 Å². The molecule has 33 heavy (non-hydrogen) atoms. The van der Waals surface area contributed by atoms with Crippen LogP contribution in [0.5, 0.6) is 5.75 Å². The molecule has 4 heterocycles. The zero-order valence-electron chi connectivity index (χ0n) is 18.3. The molecule has 1 aromatic heterocycles. The number of fused-ring (bicyclic) bond motifs is 3. The number of aromatic nitrogens is 2. The van der Waals surface area contributed by atoms with Crippen LogP contribution in [0.3, 0.4) is 0 Å². The number of rotatable bonds is 2. The molecule has 1 aliphatic carbocycles. The Morgan fingerprint density at radius 2 is 2.06 bits per heavy atom. The fourth-order valence-electron chi connectivity index (χ4n) is 5.04. The highest BCUT2D eigenvalue weighted by Crippen LogP contribution is 2.47. The highest BCUT2D eigenvalue weighted by molar-refractivity contribution is 5.82. The third-order valence-electron chi connectivity index (χ3n) is 7.28. The fourth-order valence-corrected chi connectivity index (χ4v) is 5.04. The van der Waals surface area contributed by atoms with Gasteiger partial charge in [0, 0.05) is 29.7 Å². The van der Waals surface area contributed by atoms with Crippen LogP contribution in [-0.4, -0.2) is 59.0 Å². The number of β-amino-alcohol motifs (C(OH)–C–C–N with tert-alkyl or cyclic N) is 1. The average Bonchev–Trinajstić information content (AvgIpc) is 3.30. The normalized spacial score (nSPS) is 31.6. The molecule has 3 aliphatic heterocycles. The molecule has 2 aromatic rings. The van der Waals surface area contributed by atoms with E-state index in [1.54, 1.807) is 17.9 Å². The number of hydrogen-bond acceptors (Lipinski definition) is 7. The number of anilines is 1. The molecule has 0 bridgehead atoms. The molecule has 2 fully saturated rings. The SMILES string of the molecule is CC1OCC2(COc3cc(-c4nc(N5C[C@@H](O)[C@@H]5C)nc5c4CCC5(F)F)ccc32)NC1=O. The molecule has 6 rings (SSSR count). The van der Waals surface area contributed by atoms with Crippen LogP contribution in [0.2, 0.25) is 0 Å². The summed E-state index contributed by atoms with van der Waals surface area (Å²) in [6.45, 7) is 4.34. The Kier molecular flexibility index (Phi) is 4.29. The van der Waals surface area contributed by atoms with E-state index in [2.05, 4.69) is 15.3 Å². The van der Waals surface area contributed by atoms with Crippen LogP contribution in [0.15, 0.2) is 18.2 Å². The summed E-state index contributed by atoms with van der Waals surface area (Å²) >= 11 is 0. The number of nitrogens with one attached hydrogen (secondary N) is 1. The van der Waals surface area contributed by atoms with Crippen molar-refractivity contribution in [2.75, 3.05) is 24.7 Å². The first-order chi connectivity index (χ1) is 15.7. The second kappa shape index (κ2) is 6.83. The summed E-state index contributed by atoms with van der Waals surface area (Å²) < 4.78 is 40.9. The highest BCUT2D eigenvalue weighted by atomic mass is 19.3. The zero-order valence-corrected chi connectivity index (χ0v) is 18.3. The molecule has 2 saturated heterocycles. The number of ether oxygens (including phenoxy) is 2. The van der Waals surface area contributed by atoms with E-state index in [0.29, 0.717) is 35.7 Å². The number of carbonyl (C=O) groups excluding carboxylic acids is 1. The summed E-state index contributed by atoms with van der Waals surface area (Å²) in [5, 5.41) is 12.9. The Morgan fingerprint density at radius 1 is 1.24 bits per heavy atom. The van der Waals surface area contributed by atoms with Crippen LogP contribution in [0.4, 0.5) is 14.7 Å². The smallest absolute Gasteiger partial charge is 0.290 e. The van der Waals surface area contributed by atoms with Gasteiger partial charge in [0.1, 0.15) is 29.7 Å². The van der Waals surface area contributed by atoms with E-state index >= 15 is 0 Å². The van der Waals surface area contributed by atoms with E-state index in [4.69, 9.17) is 9.47 Å².